The molecule has 0 radical (unpaired) electrons. The van der Waals surface area contributed by atoms with Gasteiger partial charge in [0.25, 0.3) is 5.91 Å². The molecule has 3 aromatic rings. The number of amides is 2. The molecule has 1 saturated carbocycles. The number of rotatable bonds is 8. The van der Waals surface area contributed by atoms with Crippen LogP contribution in [0.2, 0.25) is 10.0 Å². The van der Waals surface area contributed by atoms with E-state index >= 15 is 0 Å². The van der Waals surface area contributed by atoms with Gasteiger partial charge in [0.05, 0.1) is 35.6 Å². The van der Waals surface area contributed by atoms with E-state index in [0.717, 1.165) is 24.8 Å². The van der Waals surface area contributed by atoms with Gasteiger partial charge in [-0.15, -0.1) is 0 Å². The second-order valence-electron chi connectivity index (χ2n) is 10.8. The lowest BCUT2D eigenvalue weighted by molar-refractivity contribution is -0.124. The molecule has 11 heteroatoms. The monoisotopic (exact) mass is 641 g/mol. The molecule has 2 N–H and O–H groups in total. The topological polar surface area (TPSA) is 105 Å². The van der Waals surface area contributed by atoms with Crippen LogP contribution in [0.3, 0.4) is 0 Å². The number of halogens is 2. The summed E-state index contributed by atoms with van der Waals surface area (Å²) in [5.41, 5.74) is 2.87. The van der Waals surface area contributed by atoms with Gasteiger partial charge in [-0.3, -0.25) is 9.59 Å². The number of nitrogens with zero attached hydrogens (tertiary/aromatic N) is 1. The highest BCUT2D eigenvalue weighted by molar-refractivity contribution is 7.82. The molecule has 0 saturated heterocycles. The normalized spacial score (nSPS) is 22.4. The van der Waals surface area contributed by atoms with Gasteiger partial charge in [0.15, 0.2) is 0 Å². The highest BCUT2D eigenvalue weighted by Gasteiger charge is 2.49. The van der Waals surface area contributed by atoms with Gasteiger partial charge in [0.1, 0.15) is 0 Å². The van der Waals surface area contributed by atoms with Crippen LogP contribution in [0.5, 0.6) is 0 Å². The van der Waals surface area contributed by atoms with E-state index in [4.69, 9.17) is 27.9 Å². The number of nitrogens with one attached hydrogen (secondary N) is 2. The fourth-order valence-electron chi connectivity index (χ4n) is 6.24. The Morgan fingerprint density at radius 1 is 1.00 bits per heavy atom. The first-order valence-corrected chi connectivity index (χ1v) is 16.4. The molecule has 2 unspecified atom stereocenters. The summed E-state index contributed by atoms with van der Waals surface area (Å²) < 4.78 is 20.2. The van der Waals surface area contributed by atoms with Crippen molar-refractivity contribution in [3.63, 3.8) is 0 Å². The number of carbonyl (C=O) groups excluding carboxylic acids is 3. The molecular weight excluding hydrogens is 609 g/mol. The quantitative estimate of drug-likeness (QED) is 0.313. The number of hydrogen-bond acceptors (Lipinski definition) is 5. The molecular formula is C32H33Cl2N3O5S. The number of ether oxygens (including phenoxy) is 1. The van der Waals surface area contributed by atoms with Gasteiger partial charge in [0, 0.05) is 40.5 Å². The molecule has 0 bridgehead atoms. The largest absolute Gasteiger partial charge is 0.465 e. The Morgan fingerprint density at radius 3 is 2.42 bits per heavy atom. The molecule has 8 nitrogen and oxygen atoms in total. The van der Waals surface area contributed by atoms with Crippen molar-refractivity contribution in [3.05, 3.63) is 105 Å². The van der Waals surface area contributed by atoms with E-state index in [1.165, 1.54) is 7.11 Å². The molecule has 2 aliphatic rings. The zero-order valence-corrected chi connectivity index (χ0v) is 26.2. The lowest BCUT2D eigenvalue weighted by atomic mass is 9.76. The summed E-state index contributed by atoms with van der Waals surface area (Å²) in [7, 11) is 0.0277. The molecule has 1 aliphatic carbocycles. The van der Waals surface area contributed by atoms with Crippen molar-refractivity contribution in [2.75, 3.05) is 13.4 Å². The average Bonchev–Trinajstić information content (AvgIpc) is 3.00. The van der Waals surface area contributed by atoms with Crippen molar-refractivity contribution >= 4 is 52.0 Å². The van der Waals surface area contributed by atoms with Crippen molar-refractivity contribution < 1.29 is 23.3 Å². The van der Waals surface area contributed by atoms with Crippen LogP contribution in [-0.2, 0) is 27.1 Å². The molecule has 226 valence electrons. The van der Waals surface area contributed by atoms with Crippen LogP contribution in [0.15, 0.2) is 66.7 Å². The first kappa shape index (κ1) is 31.2. The highest BCUT2D eigenvalue weighted by atomic mass is 35.5. The summed E-state index contributed by atoms with van der Waals surface area (Å²) in [6, 6.07) is 17.8. The lowest BCUT2D eigenvalue weighted by Crippen LogP contribution is -2.58. The minimum absolute atomic E-state index is 0.199. The summed E-state index contributed by atoms with van der Waals surface area (Å²) in [4.78, 5) is 42.2. The number of fused-ring (bicyclic) bond motifs is 1. The van der Waals surface area contributed by atoms with Gasteiger partial charge >= 0.3 is 5.97 Å². The molecule has 5 atom stereocenters. The summed E-state index contributed by atoms with van der Waals surface area (Å²) >= 11 is 13.1. The maximum absolute atomic E-state index is 14.4. The highest BCUT2D eigenvalue weighted by Crippen LogP contribution is 2.47. The minimum atomic E-state index is -1.29. The van der Waals surface area contributed by atoms with Crippen LogP contribution in [-0.4, -0.2) is 52.3 Å². The molecule has 2 amide bonds. The van der Waals surface area contributed by atoms with Crippen LogP contribution < -0.4 is 10.0 Å². The second-order valence-corrected chi connectivity index (χ2v) is 12.8. The van der Waals surface area contributed by atoms with Gasteiger partial charge in [-0.1, -0.05) is 72.4 Å². The maximum atomic E-state index is 14.4. The molecule has 0 aromatic heterocycles. The smallest absolute Gasteiger partial charge is 0.337 e. The predicted molar refractivity (Wildman–Crippen MR) is 167 cm³/mol. The lowest BCUT2D eigenvalue weighted by Gasteiger charge is -2.49. The first-order chi connectivity index (χ1) is 20.7. The first-order valence-electron chi connectivity index (χ1n) is 14.1. The van der Waals surface area contributed by atoms with Gasteiger partial charge in [-0.25, -0.2) is 13.7 Å². The van der Waals surface area contributed by atoms with Crippen molar-refractivity contribution in [1.82, 2.24) is 14.9 Å². The molecule has 3 aromatic carbocycles. The Bertz CT molecular complexity index is 1550. The third-order valence-electron chi connectivity index (χ3n) is 8.19. The number of esters is 1. The Morgan fingerprint density at radius 2 is 1.72 bits per heavy atom. The van der Waals surface area contributed by atoms with Gasteiger partial charge in [-0.05, 0) is 59.9 Å². The van der Waals surface area contributed by atoms with E-state index in [-0.39, 0.29) is 30.4 Å². The number of carbonyl (C=O) groups is 3. The molecule has 1 fully saturated rings. The molecule has 0 spiro atoms. The standard InChI is InChI=1S/C32H33Cl2N3O5S/c1-42-32(40)20-13-11-19(12-14-20)18-35-30(38)28-22-7-3-4-8-23(22)31(39)37(27-10-6-5-9-26(27)36-43(2)41)29(28)24-16-15-21(33)17-25(24)34/h3-4,7-8,11-17,26-29,36H,5-6,9-10,18H2,1-2H3,(H,35,38)/t26-,27?,28+,29-,43?/m0/s1. The van der Waals surface area contributed by atoms with Crippen LogP contribution in [0.1, 0.15) is 75.0 Å². The molecule has 5 rings (SSSR count). The van der Waals surface area contributed by atoms with Gasteiger partial charge < -0.3 is 15.0 Å². The summed E-state index contributed by atoms with van der Waals surface area (Å²) in [5.74, 6) is -1.71. The number of benzene rings is 3. The van der Waals surface area contributed by atoms with E-state index in [2.05, 4.69) is 10.0 Å². The van der Waals surface area contributed by atoms with E-state index in [1.807, 2.05) is 12.1 Å². The van der Waals surface area contributed by atoms with E-state index in [1.54, 1.807) is 65.8 Å². The zero-order valence-electron chi connectivity index (χ0n) is 23.8. The van der Waals surface area contributed by atoms with E-state index in [0.29, 0.717) is 38.7 Å². The average molecular weight is 643 g/mol. The molecule has 1 heterocycles. The third kappa shape index (κ3) is 6.65. The van der Waals surface area contributed by atoms with Crippen molar-refractivity contribution in [3.8, 4) is 0 Å². The fraction of sp³-hybridized carbons (Fsp3) is 0.344. The Labute approximate surface area is 263 Å². The van der Waals surface area contributed by atoms with Crippen LogP contribution in [0.4, 0.5) is 0 Å². The fourth-order valence-corrected chi connectivity index (χ4v) is 7.46. The number of methoxy groups -OCH3 is 1. The van der Waals surface area contributed by atoms with Crippen molar-refractivity contribution in [2.45, 2.75) is 56.3 Å². The number of hydrogen-bond donors (Lipinski definition) is 2. The van der Waals surface area contributed by atoms with Crippen molar-refractivity contribution in [1.29, 1.82) is 0 Å². The van der Waals surface area contributed by atoms with Crippen molar-refractivity contribution in [2.24, 2.45) is 0 Å². The van der Waals surface area contributed by atoms with Crippen LogP contribution >= 0.6 is 23.2 Å². The van der Waals surface area contributed by atoms with Crippen LogP contribution in [0.25, 0.3) is 0 Å². The Hall–Kier alpha value is -3.24. The Kier molecular flexibility index (Phi) is 9.86. The van der Waals surface area contributed by atoms with Gasteiger partial charge in [0.2, 0.25) is 5.91 Å². The summed E-state index contributed by atoms with van der Waals surface area (Å²) in [6.07, 6.45) is 4.85. The summed E-state index contributed by atoms with van der Waals surface area (Å²) in [5, 5.41) is 3.85. The third-order valence-corrected chi connectivity index (χ3v) is 9.38. The SMILES string of the molecule is COC(=O)c1ccc(CNC(=O)[C@@H]2c3ccccc3C(=O)N(C3CCCC[C@@H]3NS(C)=O)[C@H]2c2ccc(Cl)cc2Cl)cc1. The van der Waals surface area contributed by atoms with E-state index in [9.17, 15) is 18.6 Å². The minimum Gasteiger partial charge on any atom is -0.465 e. The van der Waals surface area contributed by atoms with Gasteiger partial charge in [-0.2, -0.15) is 0 Å². The maximum Gasteiger partial charge on any atom is 0.337 e. The Balaban J connectivity index is 1.57. The molecule has 43 heavy (non-hydrogen) atoms. The van der Waals surface area contributed by atoms with Crippen LogP contribution in [0, 0.1) is 0 Å². The second kappa shape index (κ2) is 13.6. The zero-order chi connectivity index (χ0) is 30.7. The van der Waals surface area contributed by atoms with E-state index < -0.39 is 28.9 Å². The predicted octanol–water partition coefficient (Wildman–Crippen LogP) is 5.57. The molecule has 1 aliphatic heterocycles. The summed E-state index contributed by atoms with van der Waals surface area (Å²) in [6.45, 7) is 0.205.